The topological polar surface area (TPSA) is 92.8 Å². The van der Waals surface area contributed by atoms with E-state index in [0.717, 1.165) is 16.1 Å². The SMILES string of the molecule is COC(=O)c1ccc(C)c(NC(=O)c2ccc(CN(c3cccc(Cl)c3Cl)S(C)(=O)=O)cc2)c1. The number of hydrogen-bond acceptors (Lipinski definition) is 5. The van der Waals surface area contributed by atoms with Crippen molar-refractivity contribution in [3.8, 4) is 0 Å². The van der Waals surface area contributed by atoms with Gasteiger partial charge in [-0.15, -0.1) is 0 Å². The number of sulfonamides is 1. The van der Waals surface area contributed by atoms with Crippen LogP contribution in [-0.2, 0) is 21.3 Å². The van der Waals surface area contributed by atoms with Gasteiger partial charge < -0.3 is 10.1 Å². The fourth-order valence-corrected chi connectivity index (χ4v) is 4.53. The molecular weight excluding hydrogens is 499 g/mol. The van der Waals surface area contributed by atoms with Crippen LogP contribution in [0.1, 0.15) is 31.8 Å². The molecule has 0 bridgehead atoms. The van der Waals surface area contributed by atoms with Crippen molar-refractivity contribution >= 4 is 56.5 Å². The van der Waals surface area contributed by atoms with Crippen LogP contribution in [0.15, 0.2) is 60.7 Å². The lowest BCUT2D eigenvalue weighted by atomic mass is 10.1. The Bertz CT molecular complexity index is 1340. The number of aryl methyl sites for hydroxylation is 1. The van der Waals surface area contributed by atoms with Crippen molar-refractivity contribution in [3.63, 3.8) is 0 Å². The minimum atomic E-state index is -3.67. The van der Waals surface area contributed by atoms with E-state index >= 15 is 0 Å². The number of nitrogens with one attached hydrogen (secondary N) is 1. The van der Waals surface area contributed by atoms with Gasteiger partial charge in [-0.1, -0.05) is 47.5 Å². The van der Waals surface area contributed by atoms with Gasteiger partial charge in [0.25, 0.3) is 5.91 Å². The Hall–Kier alpha value is -3.07. The van der Waals surface area contributed by atoms with Gasteiger partial charge in [-0.2, -0.15) is 0 Å². The Kier molecular flexibility index (Phi) is 7.86. The Labute approximate surface area is 208 Å². The number of benzene rings is 3. The molecule has 3 aromatic rings. The van der Waals surface area contributed by atoms with E-state index in [1.54, 1.807) is 67.6 Å². The van der Waals surface area contributed by atoms with E-state index in [1.165, 1.54) is 7.11 Å². The first-order valence-electron chi connectivity index (χ1n) is 10.0. The molecule has 1 N–H and O–H groups in total. The second kappa shape index (κ2) is 10.5. The van der Waals surface area contributed by atoms with Crippen LogP contribution in [-0.4, -0.2) is 33.7 Å². The van der Waals surface area contributed by atoms with Crippen molar-refractivity contribution in [2.45, 2.75) is 13.5 Å². The monoisotopic (exact) mass is 520 g/mol. The van der Waals surface area contributed by atoms with Crippen LogP contribution in [0.3, 0.4) is 0 Å². The predicted octanol–water partition coefficient (Wildman–Crippen LogP) is 5.31. The van der Waals surface area contributed by atoms with Crippen LogP contribution in [0.5, 0.6) is 0 Å². The van der Waals surface area contributed by atoms with Crippen molar-refractivity contribution in [2.75, 3.05) is 23.0 Å². The van der Waals surface area contributed by atoms with E-state index in [9.17, 15) is 18.0 Å². The van der Waals surface area contributed by atoms with Gasteiger partial charge in [0.15, 0.2) is 0 Å². The molecule has 7 nitrogen and oxygen atoms in total. The zero-order valence-corrected chi connectivity index (χ0v) is 21.0. The number of ether oxygens (including phenoxy) is 1. The second-order valence-electron chi connectivity index (χ2n) is 7.51. The smallest absolute Gasteiger partial charge is 0.337 e. The quantitative estimate of drug-likeness (QED) is 0.426. The van der Waals surface area contributed by atoms with Gasteiger partial charge in [0, 0.05) is 11.3 Å². The second-order valence-corrected chi connectivity index (χ2v) is 10.2. The first-order valence-corrected chi connectivity index (χ1v) is 12.6. The number of carbonyl (C=O) groups excluding carboxylic acids is 2. The molecule has 0 unspecified atom stereocenters. The third kappa shape index (κ3) is 5.88. The molecule has 0 saturated carbocycles. The van der Waals surface area contributed by atoms with Crippen LogP contribution in [0.4, 0.5) is 11.4 Å². The van der Waals surface area contributed by atoms with Gasteiger partial charge in [-0.25, -0.2) is 13.2 Å². The number of methoxy groups -OCH3 is 1. The van der Waals surface area contributed by atoms with Crippen LogP contribution < -0.4 is 9.62 Å². The molecule has 0 aliphatic carbocycles. The van der Waals surface area contributed by atoms with Gasteiger partial charge >= 0.3 is 5.97 Å². The number of halogens is 2. The van der Waals surface area contributed by atoms with Crippen molar-refractivity contribution in [1.29, 1.82) is 0 Å². The fraction of sp³-hybridized carbons (Fsp3) is 0.167. The van der Waals surface area contributed by atoms with E-state index in [0.29, 0.717) is 22.4 Å². The van der Waals surface area contributed by atoms with Crippen molar-refractivity contribution in [2.24, 2.45) is 0 Å². The summed E-state index contributed by atoms with van der Waals surface area (Å²) >= 11 is 12.3. The minimum absolute atomic E-state index is 0.00107. The Morgan fingerprint density at radius 2 is 1.65 bits per heavy atom. The number of anilines is 2. The summed E-state index contributed by atoms with van der Waals surface area (Å²) in [5.74, 6) is -0.885. The molecule has 3 rings (SSSR count). The molecule has 0 spiro atoms. The summed E-state index contributed by atoms with van der Waals surface area (Å²) in [7, 11) is -2.38. The highest BCUT2D eigenvalue weighted by Crippen LogP contribution is 2.34. The van der Waals surface area contributed by atoms with Crippen LogP contribution in [0, 0.1) is 6.92 Å². The molecule has 0 saturated heterocycles. The van der Waals surface area contributed by atoms with Gasteiger partial charge in [0.05, 0.1) is 41.2 Å². The number of esters is 1. The van der Waals surface area contributed by atoms with Gasteiger partial charge in [-0.3, -0.25) is 9.10 Å². The molecule has 0 radical (unpaired) electrons. The summed E-state index contributed by atoms with van der Waals surface area (Å²) in [5.41, 5.74) is 2.84. The molecule has 0 atom stereocenters. The molecule has 34 heavy (non-hydrogen) atoms. The summed E-state index contributed by atoms with van der Waals surface area (Å²) in [6.45, 7) is 1.81. The van der Waals surface area contributed by atoms with Gasteiger partial charge in [-0.05, 0) is 54.4 Å². The maximum absolute atomic E-state index is 12.7. The summed E-state index contributed by atoms with van der Waals surface area (Å²) < 4.78 is 30.7. The minimum Gasteiger partial charge on any atom is -0.465 e. The fourth-order valence-electron chi connectivity index (χ4n) is 3.19. The van der Waals surface area contributed by atoms with Crippen LogP contribution in [0.25, 0.3) is 0 Å². The molecule has 1 amide bonds. The summed E-state index contributed by atoms with van der Waals surface area (Å²) in [5, 5.41) is 3.16. The van der Waals surface area contributed by atoms with E-state index in [-0.39, 0.29) is 28.2 Å². The summed E-state index contributed by atoms with van der Waals surface area (Å²) in [6.07, 6.45) is 1.08. The third-order valence-corrected chi connectivity index (χ3v) is 6.98. The first-order chi connectivity index (χ1) is 16.0. The molecule has 0 aliphatic rings. The summed E-state index contributed by atoms with van der Waals surface area (Å²) in [6, 6.07) is 16.1. The normalized spacial score (nSPS) is 11.1. The van der Waals surface area contributed by atoms with E-state index < -0.39 is 16.0 Å². The Balaban J connectivity index is 1.81. The highest BCUT2D eigenvalue weighted by atomic mass is 35.5. The van der Waals surface area contributed by atoms with E-state index in [1.807, 2.05) is 0 Å². The predicted molar refractivity (Wildman–Crippen MR) is 134 cm³/mol. The Morgan fingerprint density at radius 3 is 2.26 bits per heavy atom. The molecular formula is C24H22Cl2N2O5S. The van der Waals surface area contributed by atoms with Gasteiger partial charge in [0.1, 0.15) is 0 Å². The highest BCUT2D eigenvalue weighted by Gasteiger charge is 2.22. The number of amides is 1. The maximum Gasteiger partial charge on any atom is 0.337 e. The largest absolute Gasteiger partial charge is 0.465 e. The van der Waals surface area contributed by atoms with E-state index in [4.69, 9.17) is 27.9 Å². The molecule has 10 heteroatoms. The number of hydrogen-bond donors (Lipinski definition) is 1. The summed E-state index contributed by atoms with van der Waals surface area (Å²) in [4.78, 5) is 24.5. The lowest BCUT2D eigenvalue weighted by molar-refractivity contribution is 0.0600. The molecule has 0 aliphatic heterocycles. The third-order valence-electron chi connectivity index (χ3n) is 5.05. The lowest BCUT2D eigenvalue weighted by Crippen LogP contribution is -2.29. The maximum atomic E-state index is 12.7. The highest BCUT2D eigenvalue weighted by molar-refractivity contribution is 7.92. The zero-order valence-electron chi connectivity index (χ0n) is 18.6. The number of nitrogens with zero attached hydrogens (tertiary/aromatic N) is 1. The zero-order chi connectivity index (χ0) is 25.0. The molecule has 3 aromatic carbocycles. The molecule has 0 aromatic heterocycles. The Morgan fingerprint density at radius 1 is 1.00 bits per heavy atom. The van der Waals surface area contributed by atoms with Crippen molar-refractivity contribution < 1.29 is 22.7 Å². The average molecular weight is 521 g/mol. The van der Waals surface area contributed by atoms with E-state index in [2.05, 4.69) is 5.32 Å². The van der Waals surface area contributed by atoms with Crippen LogP contribution >= 0.6 is 23.2 Å². The van der Waals surface area contributed by atoms with Crippen LogP contribution in [0.2, 0.25) is 10.0 Å². The lowest BCUT2D eigenvalue weighted by Gasteiger charge is -2.24. The molecule has 178 valence electrons. The number of carbonyl (C=O) groups is 2. The molecule has 0 fully saturated rings. The number of rotatable bonds is 7. The average Bonchev–Trinajstić information content (AvgIpc) is 2.80. The van der Waals surface area contributed by atoms with Crippen molar-refractivity contribution in [3.05, 3.63) is 93.0 Å². The first kappa shape index (κ1) is 25.6. The standard InChI is InChI=1S/C24H22Cl2N2O5S/c1-15-7-10-18(24(30)33-2)13-20(15)27-23(29)17-11-8-16(9-12-17)14-28(34(3,31)32)21-6-4-5-19(25)22(21)26/h4-13H,14H2,1-3H3,(H,27,29). The van der Waals surface area contributed by atoms with Crippen molar-refractivity contribution in [1.82, 2.24) is 0 Å². The molecule has 0 heterocycles. The van der Waals surface area contributed by atoms with Gasteiger partial charge in [0.2, 0.25) is 10.0 Å².